The summed E-state index contributed by atoms with van der Waals surface area (Å²) in [5, 5.41) is 10.4. The van der Waals surface area contributed by atoms with Gasteiger partial charge in [0, 0.05) is 26.3 Å². The second kappa shape index (κ2) is 7.41. The summed E-state index contributed by atoms with van der Waals surface area (Å²) in [6, 6.07) is 1.23. The van der Waals surface area contributed by atoms with Crippen molar-refractivity contribution >= 4 is 17.5 Å². The van der Waals surface area contributed by atoms with Gasteiger partial charge in [-0.2, -0.15) is 10.2 Å². The Morgan fingerprint density at radius 1 is 1.32 bits per heavy atom. The molecule has 10 heteroatoms. The zero-order valence-electron chi connectivity index (χ0n) is 14.5. The van der Waals surface area contributed by atoms with Crippen molar-refractivity contribution in [3.05, 3.63) is 29.3 Å². The van der Waals surface area contributed by atoms with E-state index >= 15 is 0 Å². The lowest BCUT2D eigenvalue weighted by atomic mass is 10.3. The van der Waals surface area contributed by atoms with Crippen LogP contribution >= 0.6 is 0 Å². The van der Waals surface area contributed by atoms with Gasteiger partial charge < -0.3 is 10.2 Å². The van der Waals surface area contributed by atoms with E-state index < -0.39 is 12.3 Å². The SMILES string of the molecule is CCn1ncc(NC(=O)Cn2nc(C(F)F)cc2C)c1C(=O)N(C)C. The average Bonchev–Trinajstić information content (AvgIpc) is 3.10. The van der Waals surface area contributed by atoms with Gasteiger partial charge in [0.2, 0.25) is 5.91 Å². The number of hydrogen-bond acceptors (Lipinski definition) is 4. The van der Waals surface area contributed by atoms with Gasteiger partial charge in [-0.1, -0.05) is 0 Å². The molecule has 0 bridgehead atoms. The Morgan fingerprint density at radius 3 is 2.52 bits per heavy atom. The molecule has 0 unspecified atom stereocenters. The van der Waals surface area contributed by atoms with Crippen LogP contribution in [-0.4, -0.2) is 50.4 Å². The molecule has 0 saturated carbocycles. The molecule has 25 heavy (non-hydrogen) atoms. The summed E-state index contributed by atoms with van der Waals surface area (Å²) in [5.74, 6) is -0.791. The smallest absolute Gasteiger partial charge is 0.282 e. The lowest BCUT2D eigenvalue weighted by Crippen LogP contribution is -2.27. The van der Waals surface area contributed by atoms with Crippen LogP contribution in [0.2, 0.25) is 0 Å². The highest BCUT2D eigenvalue weighted by Gasteiger charge is 2.22. The fraction of sp³-hybridized carbons (Fsp3) is 0.467. The lowest BCUT2D eigenvalue weighted by Gasteiger charge is -2.13. The van der Waals surface area contributed by atoms with Gasteiger partial charge in [0.1, 0.15) is 17.9 Å². The van der Waals surface area contributed by atoms with Gasteiger partial charge in [0.15, 0.2) is 0 Å². The predicted molar refractivity (Wildman–Crippen MR) is 86.5 cm³/mol. The van der Waals surface area contributed by atoms with Crippen LogP contribution in [0.3, 0.4) is 0 Å². The summed E-state index contributed by atoms with van der Waals surface area (Å²) >= 11 is 0. The minimum atomic E-state index is -2.70. The number of carbonyl (C=O) groups excluding carboxylic acids is 2. The number of alkyl halides is 2. The summed E-state index contributed by atoms with van der Waals surface area (Å²) in [4.78, 5) is 25.9. The second-order valence-corrected chi connectivity index (χ2v) is 5.64. The zero-order valence-corrected chi connectivity index (χ0v) is 14.5. The molecule has 0 fully saturated rings. The Morgan fingerprint density at radius 2 is 2.00 bits per heavy atom. The van der Waals surface area contributed by atoms with Gasteiger partial charge in [-0.05, 0) is 19.9 Å². The lowest BCUT2D eigenvalue weighted by molar-refractivity contribution is -0.117. The van der Waals surface area contributed by atoms with Crippen LogP contribution in [-0.2, 0) is 17.9 Å². The number of aromatic nitrogens is 4. The monoisotopic (exact) mass is 354 g/mol. The molecule has 0 radical (unpaired) electrons. The van der Waals surface area contributed by atoms with E-state index in [1.807, 2.05) is 6.92 Å². The molecule has 0 saturated heterocycles. The predicted octanol–water partition coefficient (Wildman–Crippen LogP) is 1.69. The summed E-state index contributed by atoms with van der Waals surface area (Å²) in [5.41, 5.74) is 0.586. The zero-order chi connectivity index (χ0) is 18.7. The standard InChI is InChI=1S/C15H20F2N6O2/c1-5-22-13(15(25)21(3)4)11(7-18-22)19-12(24)8-23-9(2)6-10(20-23)14(16)17/h6-7,14H,5,8H2,1-4H3,(H,19,24). The minimum Gasteiger partial charge on any atom is -0.343 e. The number of hydrogen-bond donors (Lipinski definition) is 1. The third-order valence-corrected chi connectivity index (χ3v) is 3.54. The maximum Gasteiger partial charge on any atom is 0.282 e. The van der Waals surface area contributed by atoms with Crippen molar-refractivity contribution in [2.75, 3.05) is 19.4 Å². The highest BCUT2D eigenvalue weighted by atomic mass is 19.3. The first-order valence-electron chi connectivity index (χ1n) is 7.64. The van der Waals surface area contributed by atoms with Gasteiger partial charge in [0.25, 0.3) is 12.3 Å². The Kier molecular flexibility index (Phi) is 5.50. The molecule has 8 nitrogen and oxygen atoms in total. The summed E-state index contributed by atoms with van der Waals surface area (Å²) < 4.78 is 28.0. The molecule has 2 aromatic rings. The molecule has 0 atom stereocenters. The maximum absolute atomic E-state index is 12.7. The first-order valence-corrected chi connectivity index (χ1v) is 7.64. The van der Waals surface area contributed by atoms with Crippen LogP contribution in [0.4, 0.5) is 14.5 Å². The molecule has 0 aliphatic carbocycles. The van der Waals surface area contributed by atoms with Gasteiger partial charge in [-0.25, -0.2) is 8.78 Å². The van der Waals surface area contributed by atoms with Crippen LogP contribution in [0.15, 0.2) is 12.3 Å². The molecule has 2 heterocycles. The number of rotatable bonds is 6. The molecule has 0 aliphatic heterocycles. The quantitative estimate of drug-likeness (QED) is 0.855. The first kappa shape index (κ1) is 18.6. The fourth-order valence-corrected chi connectivity index (χ4v) is 2.28. The number of amides is 2. The fourth-order valence-electron chi connectivity index (χ4n) is 2.28. The Bertz CT molecular complexity index is 781. The molecule has 136 valence electrons. The highest BCUT2D eigenvalue weighted by molar-refractivity contribution is 6.02. The molecule has 2 amide bonds. The van der Waals surface area contributed by atoms with Gasteiger partial charge in [-0.3, -0.25) is 19.0 Å². The molecule has 0 aromatic carbocycles. The molecular weight excluding hydrogens is 334 g/mol. The molecule has 1 N–H and O–H groups in total. The van der Waals surface area contributed by atoms with Crippen LogP contribution in [0.1, 0.15) is 35.2 Å². The van der Waals surface area contributed by atoms with Gasteiger partial charge >= 0.3 is 0 Å². The number of aryl methyl sites for hydroxylation is 2. The topological polar surface area (TPSA) is 85.0 Å². The van der Waals surface area contributed by atoms with Crippen molar-refractivity contribution in [2.45, 2.75) is 33.4 Å². The summed E-state index contributed by atoms with van der Waals surface area (Å²) in [7, 11) is 3.19. The highest BCUT2D eigenvalue weighted by Crippen LogP contribution is 2.19. The molecule has 0 spiro atoms. The second-order valence-electron chi connectivity index (χ2n) is 5.64. The normalized spacial score (nSPS) is 11.0. The van der Waals surface area contributed by atoms with Crippen molar-refractivity contribution in [3.8, 4) is 0 Å². The number of nitrogens with one attached hydrogen (secondary N) is 1. The van der Waals surface area contributed by atoms with Gasteiger partial charge in [-0.15, -0.1) is 0 Å². The number of carbonyl (C=O) groups is 2. The Hall–Kier alpha value is -2.78. The largest absolute Gasteiger partial charge is 0.343 e. The van der Waals surface area contributed by atoms with E-state index in [-0.39, 0.29) is 29.5 Å². The Labute approximate surface area is 143 Å². The number of halogens is 2. The first-order chi connectivity index (χ1) is 11.7. The third-order valence-electron chi connectivity index (χ3n) is 3.54. The van der Waals surface area contributed by atoms with Crippen molar-refractivity contribution in [2.24, 2.45) is 0 Å². The average molecular weight is 354 g/mol. The van der Waals surface area contributed by atoms with E-state index in [1.165, 1.54) is 26.5 Å². The van der Waals surface area contributed by atoms with E-state index in [0.717, 1.165) is 0 Å². The molecular formula is C15H20F2N6O2. The van der Waals surface area contributed by atoms with Crippen LogP contribution in [0.5, 0.6) is 0 Å². The molecule has 2 rings (SSSR count). The van der Waals surface area contributed by atoms with E-state index in [2.05, 4.69) is 15.5 Å². The van der Waals surface area contributed by atoms with E-state index in [4.69, 9.17) is 0 Å². The van der Waals surface area contributed by atoms with Gasteiger partial charge in [0.05, 0.1) is 11.9 Å². The van der Waals surface area contributed by atoms with Crippen LogP contribution in [0, 0.1) is 6.92 Å². The van der Waals surface area contributed by atoms with Crippen molar-refractivity contribution in [1.82, 2.24) is 24.5 Å². The van der Waals surface area contributed by atoms with E-state index in [1.54, 1.807) is 21.0 Å². The minimum absolute atomic E-state index is 0.245. The summed E-state index contributed by atoms with van der Waals surface area (Å²) in [6.07, 6.45) is -1.31. The molecule has 2 aromatic heterocycles. The van der Waals surface area contributed by atoms with E-state index in [9.17, 15) is 18.4 Å². The summed E-state index contributed by atoms with van der Waals surface area (Å²) in [6.45, 7) is 3.62. The maximum atomic E-state index is 12.7. The number of nitrogens with zero attached hydrogens (tertiary/aromatic N) is 5. The van der Waals surface area contributed by atoms with Crippen LogP contribution < -0.4 is 5.32 Å². The third kappa shape index (κ3) is 4.01. The van der Waals surface area contributed by atoms with E-state index in [0.29, 0.717) is 12.2 Å². The van der Waals surface area contributed by atoms with Crippen molar-refractivity contribution < 1.29 is 18.4 Å². The van der Waals surface area contributed by atoms with Crippen molar-refractivity contribution in [3.63, 3.8) is 0 Å². The molecule has 0 aliphatic rings. The van der Waals surface area contributed by atoms with Crippen LogP contribution in [0.25, 0.3) is 0 Å². The van der Waals surface area contributed by atoms with Crippen molar-refractivity contribution in [1.29, 1.82) is 0 Å². The Balaban J connectivity index is 2.18. The number of anilines is 1.